The van der Waals surface area contributed by atoms with Crippen molar-refractivity contribution in [3.05, 3.63) is 33.3 Å². The first-order valence-corrected chi connectivity index (χ1v) is 6.48. The third kappa shape index (κ3) is 2.59. The van der Waals surface area contributed by atoms with Crippen molar-refractivity contribution in [3.63, 3.8) is 0 Å². The zero-order valence-electron chi connectivity index (χ0n) is 8.48. The Hall–Kier alpha value is -0.940. The zero-order chi connectivity index (χ0) is 11.5. The molecule has 0 aromatic heterocycles. The highest BCUT2D eigenvalue weighted by Gasteiger charge is 2.20. The Bertz CT molecular complexity index is 408. The number of halogens is 1. The van der Waals surface area contributed by atoms with Crippen molar-refractivity contribution in [2.75, 3.05) is 16.8 Å². The van der Waals surface area contributed by atoms with E-state index in [9.17, 15) is 10.1 Å². The molecule has 1 aromatic carbocycles. The van der Waals surface area contributed by atoms with Gasteiger partial charge in [-0.25, -0.2) is 0 Å². The van der Waals surface area contributed by atoms with Gasteiger partial charge in [-0.2, -0.15) is 11.8 Å². The maximum atomic E-state index is 10.8. The molecule has 1 N–H and O–H groups in total. The average molecular weight is 259 g/mol. The molecule has 0 radical (unpaired) electrons. The summed E-state index contributed by atoms with van der Waals surface area (Å²) in [5.41, 5.74) is 0.603. The van der Waals surface area contributed by atoms with Crippen LogP contribution in [-0.4, -0.2) is 22.5 Å². The van der Waals surface area contributed by atoms with Gasteiger partial charge < -0.3 is 5.32 Å². The fourth-order valence-corrected chi connectivity index (χ4v) is 2.98. The Morgan fingerprint density at radius 2 is 2.38 bits per heavy atom. The van der Waals surface area contributed by atoms with Crippen molar-refractivity contribution in [3.8, 4) is 0 Å². The highest BCUT2D eigenvalue weighted by molar-refractivity contribution is 7.99. The molecule has 4 nitrogen and oxygen atoms in total. The van der Waals surface area contributed by atoms with Crippen LogP contribution in [0.5, 0.6) is 0 Å². The summed E-state index contributed by atoms with van der Waals surface area (Å²) in [6, 6.07) is 4.89. The molecule has 86 valence electrons. The van der Waals surface area contributed by atoms with Crippen LogP contribution in [0.4, 0.5) is 11.4 Å². The first kappa shape index (κ1) is 11.5. The Balaban J connectivity index is 2.22. The number of benzene rings is 1. The molecular formula is C10H11ClN2O2S. The predicted molar refractivity (Wildman–Crippen MR) is 67.5 cm³/mol. The van der Waals surface area contributed by atoms with Crippen LogP contribution < -0.4 is 5.32 Å². The summed E-state index contributed by atoms with van der Waals surface area (Å²) in [6.07, 6.45) is 1.04. The van der Waals surface area contributed by atoms with Gasteiger partial charge in [0.15, 0.2) is 0 Å². The van der Waals surface area contributed by atoms with Crippen molar-refractivity contribution < 1.29 is 4.92 Å². The predicted octanol–water partition coefficient (Wildman–Crippen LogP) is 3.17. The van der Waals surface area contributed by atoms with E-state index < -0.39 is 0 Å². The minimum Gasteiger partial charge on any atom is -0.376 e. The zero-order valence-corrected chi connectivity index (χ0v) is 10.1. The van der Waals surface area contributed by atoms with Gasteiger partial charge in [-0.1, -0.05) is 11.6 Å². The van der Waals surface area contributed by atoms with E-state index in [-0.39, 0.29) is 10.6 Å². The lowest BCUT2D eigenvalue weighted by atomic mass is 10.2. The number of thioether (sulfide) groups is 1. The molecule has 1 unspecified atom stereocenters. The molecule has 0 amide bonds. The number of hydrogen-bond donors (Lipinski definition) is 1. The second-order valence-corrected chi connectivity index (χ2v) is 5.21. The number of nitrogens with zero attached hydrogens (tertiary/aromatic N) is 1. The van der Waals surface area contributed by atoms with Crippen LogP contribution >= 0.6 is 23.4 Å². The summed E-state index contributed by atoms with van der Waals surface area (Å²) in [4.78, 5) is 10.4. The summed E-state index contributed by atoms with van der Waals surface area (Å²) in [5.74, 6) is 2.09. The van der Waals surface area contributed by atoms with Crippen LogP contribution in [0.15, 0.2) is 18.2 Å². The lowest BCUT2D eigenvalue weighted by molar-refractivity contribution is -0.384. The van der Waals surface area contributed by atoms with Gasteiger partial charge in [0.2, 0.25) is 0 Å². The van der Waals surface area contributed by atoms with Gasteiger partial charge in [0.05, 0.1) is 4.92 Å². The smallest absolute Gasteiger partial charge is 0.292 e. The van der Waals surface area contributed by atoms with Crippen molar-refractivity contribution in [1.82, 2.24) is 0 Å². The molecule has 1 aromatic rings. The molecule has 1 atom stereocenters. The Morgan fingerprint density at radius 1 is 1.56 bits per heavy atom. The molecule has 0 aliphatic carbocycles. The molecule has 1 fully saturated rings. The van der Waals surface area contributed by atoms with Gasteiger partial charge in [-0.05, 0) is 24.3 Å². The maximum Gasteiger partial charge on any atom is 0.292 e. The third-order valence-corrected chi connectivity index (χ3v) is 3.84. The molecule has 1 aliphatic rings. The van der Waals surface area contributed by atoms with Crippen LogP contribution in [0.2, 0.25) is 5.02 Å². The van der Waals surface area contributed by atoms with E-state index in [4.69, 9.17) is 11.6 Å². The molecule has 6 heteroatoms. The minimum atomic E-state index is -0.388. The molecule has 2 rings (SSSR count). The maximum absolute atomic E-state index is 10.8. The van der Waals surface area contributed by atoms with E-state index >= 15 is 0 Å². The molecular weight excluding hydrogens is 248 g/mol. The quantitative estimate of drug-likeness (QED) is 0.668. The first-order chi connectivity index (χ1) is 7.66. The van der Waals surface area contributed by atoms with Crippen LogP contribution in [0.1, 0.15) is 6.42 Å². The summed E-state index contributed by atoms with van der Waals surface area (Å²) in [6.45, 7) is 0. The lowest BCUT2D eigenvalue weighted by Gasteiger charge is -2.12. The minimum absolute atomic E-state index is 0.0845. The second-order valence-electron chi connectivity index (χ2n) is 3.62. The number of nitro groups is 1. The van der Waals surface area contributed by atoms with E-state index in [1.54, 1.807) is 6.07 Å². The molecule has 1 saturated heterocycles. The molecule has 0 spiro atoms. The lowest BCUT2D eigenvalue weighted by Crippen LogP contribution is -2.18. The van der Waals surface area contributed by atoms with Crippen molar-refractivity contribution in [2.24, 2.45) is 0 Å². The largest absolute Gasteiger partial charge is 0.376 e. The van der Waals surface area contributed by atoms with Gasteiger partial charge in [0.1, 0.15) is 5.69 Å². The second kappa shape index (κ2) is 4.93. The van der Waals surface area contributed by atoms with Crippen molar-refractivity contribution in [1.29, 1.82) is 0 Å². The number of nitrogens with one attached hydrogen (secondary N) is 1. The standard InChI is InChI=1S/C10H11ClN2O2S/c11-7-1-2-10(13(14)15)9(5-7)12-8-3-4-16-6-8/h1-2,5,8,12H,3-4,6H2. The summed E-state index contributed by atoms with van der Waals surface area (Å²) < 4.78 is 0. The summed E-state index contributed by atoms with van der Waals surface area (Å²) in [7, 11) is 0. The first-order valence-electron chi connectivity index (χ1n) is 4.95. The highest BCUT2D eigenvalue weighted by atomic mass is 35.5. The number of rotatable bonds is 3. The molecule has 1 heterocycles. The van der Waals surface area contributed by atoms with Gasteiger partial charge in [0.25, 0.3) is 5.69 Å². The van der Waals surface area contributed by atoms with Gasteiger partial charge in [-0.15, -0.1) is 0 Å². The van der Waals surface area contributed by atoms with Crippen molar-refractivity contribution in [2.45, 2.75) is 12.5 Å². The van der Waals surface area contributed by atoms with E-state index in [1.165, 1.54) is 12.1 Å². The number of hydrogen-bond acceptors (Lipinski definition) is 4. The topological polar surface area (TPSA) is 55.2 Å². The normalized spacial score (nSPS) is 19.7. The molecule has 0 saturated carbocycles. The van der Waals surface area contributed by atoms with Crippen LogP contribution in [0, 0.1) is 10.1 Å². The summed E-state index contributed by atoms with van der Waals surface area (Å²) >= 11 is 7.69. The fourth-order valence-electron chi connectivity index (χ4n) is 1.65. The van der Waals surface area contributed by atoms with Crippen LogP contribution in [0.3, 0.4) is 0 Å². The monoisotopic (exact) mass is 258 g/mol. The molecule has 0 bridgehead atoms. The van der Waals surface area contributed by atoms with Gasteiger partial charge >= 0.3 is 0 Å². The van der Waals surface area contributed by atoms with Gasteiger partial charge in [-0.3, -0.25) is 10.1 Å². The van der Waals surface area contributed by atoms with E-state index in [1.807, 2.05) is 11.8 Å². The average Bonchev–Trinajstić information content (AvgIpc) is 2.70. The van der Waals surface area contributed by atoms with Gasteiger partial charge in [0, 0.05) is 22.9 Å². The highest BCUT2D eigenvalue weighted by Crippen LogP contribution is 2.30. The van der Waals surface area contributed by atoms with E-state index in [0.717, 1.165) is 17.9 Å². The van der Waals surface area contributed by atoms with Crippen LogP contribution in [0.25, 0.3) is 0 Å². The Kier molecular flexibility index (Phi) is 3.56. The molecule has 1 aliphatic heterocycles. The van der Waals surface area contributed by atoms with E-state index in [2.05, 4.69) is 5.32 Å². The van der Waals surface area contributed by atoms with Crippen LogP contribution in [-0.2, 0) is 0 Å². The Morgan fingerprint density at radius 3 is 3.00 bits per heavy atom. The van der Waals surface area contributed by atoms with E-state index in [0.29, 0.717) is 16.8 Å². The summed E-state index contributed by atoms with van der Waals surface area (Å²) in [5, 5.41) is 14.5. The van der Waals surface area contributed by atoms with Crippen molar-refractivity contribution >= 4 is 34.7 Å². The number of anilines is 1. The fraction of sp³-hybridized carbons (Fsp3) is 0.400. The third-order valence-electron chi connectivity index (χ3n) is 2.44. The SMILES string of the molecule is O=[N+]([O-])c1ccc(Cl)cc1NC1CCSC1. The number of nitro benzene ring substituents is 1. The molecule has 16 heavy (non-hydrogen) atoms. The Labute approximate surface area is 103 Å².